The van der Waals surface area contributed by atoms with Gasteiger partial charge >= 0.3 is 0 Å². The molecule has 5 aromatic rings. The summed E-state index contributed by atoms with van der Waals surface area (Å²) in [6, 6.07) is 19.3. The Hall–Kier alpha value is -1.76. The average molecular weight is 636 g/mol. The van der Waals surface area contributed by atoms with Gasteiger partial charge in [0.1, 0.15) is 7.85 Å². The van der Waals surface area contributed by atoms with E-state index in [1.54, 1.807) is 0 Å². The van der Waals surface area contributed by atoms with Gasteiger partial charge in [-0.15, -0.1) is 22.7 Å². The summed E-state index contributed by atoms with van der Waals surface area (Å²) in [5.74, 6) is 0. The fraction of sp³-hybridized carbons (Fsp3) is 0.471. The molecular formula is C34H44BBrN2S2. The number of benzene rings is 3. The Morgan fingerprint density at radius 2 is 1.02 bits per heavy atom. The van der Waals surface area contributed by atoms with E-state index in [2.05, 4.69) is 123 Å². The van der Waals surface area contributed by atoms with Crippen molar-refractivity contribution >= 4 is 87.3 Å². The number of aryl methyl sites for hydroxylation is 2. The molecule has 2 heterocycles. The Bertz CT molecular complexity index is 1580. The van der Waals surface area contributed by atoms with Crippen LogP contribution in [-0.2, 0) is 23.9 Å². The third-order valence-corrected chi connectivity index (χ3v) is 10.8. The summed E-state index contributed by atoms with van der Waals surface area (Å²) in [7, 11) is 2.30. The molecule has 0 aliphatic rings. The van der Waals surface area contributed by atoms with Crippen LogP contribution in [0, 0.1) is 0 Å². The van der Waals surface area contributed by atoms with E-state index in [-0.39, 0.29) is 10.8 Å². The molecule has 3 aromatic carbocycles. The molecule has 0 N–H and O–H groups in total. The van der Waals surface area contributed by atoms with Gasteiger partial charge in [-0.1, -0.05) is 82.3 Å². The second-order valence-corrected chi connectivity index (χ2v) is 16.2. The molecule has 2 aromatic heterocycles. The van der Waals surface area contributed by atoms with Crippen molar-refractivity contribution in [3.8, 4) is 0 Å². The Morgan fingerprint density at radius 3 is 1.43 bits per heavy atom. The van der Waals surface area contributed by atoms with Crippen LogP contribution < -0.4 is 0 Å². The number of nitrogens with zero attached hydrogens (tertiary/aromatic N) is 2. The quantitative estimate of drug-likeness (QED) is 0.0695. The van der Waals surface area contributed by atoms with Gasteiger partial charge in [-0.3, -0.25) is 0 Å². The van der Waals surface area contributed by atoms with Crippen molar-refractivity contribution in [2.24, 2.45) is 0 Å². The first kappa shape index (κ1) is 29.7. The van der Waals surface area contributed by atoms with E-state index in [1.165, 1.54) is 84.0 Å². The van der Waals surface area contributed by atoms with Gasteiger partial charge in [-0.05, 0) is 77.6 Å². The van der Waals surface area contributed by atoms with Gasteiger partial charge < -0.3 is 9.13 Å². The van der Waals surface area contributed by atoms with E-state index in [0.717, 1.165) is 18.4 Å². The minimum Gasteiger partial charge on any atom is -0.339 e. The van der Waals surface area contributed by atoms with Crippen LogP contribution in [0.15, 0.2) is 48.5 Å². The Balaban J connectivity index is 1.82. The third kappa shape index (κ3) is 6.05. The summed E-state index contributed by atoms with van der Waals surface area (Å²) < 4.78 is 10.7. The fourth-order valence-corrected chi connectivity index (χ4v) is 8.25. The molecule has 0 aliphatic heterocycles. The monoisotopic (exact) mass is 634 g/mol. The summed E-state index contributed by atoms with van der Waals surface area (Å²) in [5, 5.41) is 1.05. The zero-order valence-electron chi connectivity index (χ0n) is 25.4. The Kier molecular flexibility index (Phi) is 8.81. The Labute approximate surface area is 257 Å². The number of hydrogen-bond donors (Lipinski definition) is 0. The van der Waals surface area contributed by atoms with Crippen molar-refractivity contribution in [2.75, 3.05) is 5.33 Å². The molecule has 0 saturated heterocycles. The predicted octanol–water partition coefficient (Wildman–Crippen LogP) is 10.8. The normalized spacial score (nSPS) is 12.8. The van der Waals surface area contributed by atoms with Crippen molar-refractivity contribution < 1.29 is 0 Å². The van der Waals surface area contributed by atoms with Crippen molar-refractivity contribution in [2.45, 2.75) is 97.5 Å². The van der Waals surface area contributed by atoms with Crippen LogP contribution in [0.4, 0.5) is 0 Å². The van der Waals surface area contributed by atoms with Crippen LogP contribution in [0.5, 0.6) is 0 Å². The highest BCUT2D eigenvalue weighted by Gasteiger charge is 2.18. The molecule has 0 bridgehead atoms. The van der Waals surface area contributed by atoms with Crippen molar-refractivity contribution in [3.63, 3.8) is 0 Å². The van der Waals surface area contributed by atoms with Crippen LogP contribution in [0.2, 0.25) is 6.32 Å². The van der Waals surface area contributed by atoms with Gasteiger partial charge in [0.25, 0.3) is 0 Å². The minimum atomic E-state index is 0.134. The van der Waals surface area contributed by atoms with Crippen molar-refractivity contribution in [1.82, 2.24) is 9.13 Å². The predicted molar refractivity (Wildman–Crippen MR) is 189 cm³/mol. The molecule has 5 rings (SSSR count). The fourth-order valence-electron chi connectivity index (χ4n) is 5.56. The number of unbranched alkanes of at least 4 members (excludes halogenated alkanes) is 2. The molecule has 0 spiro atoms. The second-order valence-electron chi connectivity index (χ2n) is 13.3. The summed E-state index contributed by atoms with van der Waals surface area (Å²) in [4.78, 5) is 0. The zero-order chi connectivity index (χ0) is 28.7. The molecule has 212 valence electrons. The van der Waals surface area contributed by atoms with Gasteiger partial charge in [0.2, 0.25) is 0 Å². The number of alkyl halides is 1. The molecule has 2 nitrogen and oxygen atoms in total. The highest BCUT2D eigenvalue weighted by molar-refractivity contribution is 9.09. The van der Waals surface area contributed by atoms with E-state index >= 15 is 0 Å². The lowest BCUT2D eigenvalue weighted by Crippen LogP contribution is -2.11. The van der Waals surface area contributed by atoms with E-state index in [9.17, 15) is 0 Å². The van der Waals surface area contributed by atoms with Crippen LogP contribution in [-0.4, -0.2) is 22.3 Å². The summed E-state index contributed by atoms with van der Waals surface area (Å²) in [6.07, 6.45) is 6.06. The van der Waals surface area contributed by atoms with Crippen molar-refractivity contribution in [3.05, 3.63) is 59.7 Å². The smallest absolute Gasteiger partial charge is 0.101 e. The van der Waals surface area contributed by atoms with E-state index in [1.807, 2.05) is 22.7 Å². The molecule has 0 aliphatic carbocycles. The third-order valence-electron chi connectivity index (χ3n) is 8.05. The van der Waals surface area contributed by atoms with Crippen LogP contribution in [0.3, 0.4) is 0 Å². The van der Waals surface area contributed by atoms with Gasteiger partial charge in [0.15, 0.2) is 0 Å². The molecule has 0 radical (unpaired) electrons. The zero-order valence-corrected chi connectivity index (χ0v) is 28.6. The number of fused-ring (bicyclic) bond motifs is 4. The van der Waals surface area contributed by atoms with E-state index in [0.29, 0.717) is 0 Å². The standard InChI is InChI=1S/C34H44BBrN2S2/c1-33(2,3)23-11-13-25-29(19-23)39-31-22-28-32(21-27(31)37(25)17-9-7-15-35)40-30-20-24(34(4,5)6)12-14-26(30)38(28)18-10-8-16-36/h11-14,19-22H,7-10,15-18,35H2,1-6H3. The molecule has 0 saturated carbocycles. The SMILES string of the molecule is BCCCCn1c2ccc(C(C)(C)C)cc2sc2cc3c(cc21)sc1cc(C(C)(C)C)ccc1n3CCCCBr. The van der Waals surface area contributed by atoms with E-state index < -0.39 is 0 Å². The largest absolute Gasteiger partial charge is 0.339 e. The van der Waals surface area contributed by atoms with Gasteiger partial charge in [0, 0.05) is 18.4 Å². The summed E-state index contributed by atoms with van der Waals surface area (Å²) in [6.45, 7) is 16.0. The molecule has 6 heteroatoms. The van der Waals surface area contributed by atoms with E-state index in [4.69, 9.17) is 0 Å². The van der Waals surface area contributed by atoms with Crippen LogP contribution >= 0.6 is 38.6 Å². The maximum absolute atomic E-state index is 3.65. The summed E-state index contributed by atoms with van der Waals surface area (Å²) >= 11 is 7.57. The minimum absolute atomic E-state index is 0.134. The number of rotatable bonds is 8. The van der Waals surface area contributed by atoms with Crippen LogP contribution in [0.25, 0.3) is 40.9 Å². The number of halogens is 1. The van der Waals surface area contributed by atoms with Crippen LogP contribution in [0.1, 0.15) is 78.4 Å². The first-order valence-corrected chi connectivity index (χ1v) is 17.7. The molecular weight excluding hydrogens is 591 g/mol. The lowest BCUT2D eigenvalue weighted by Gasteiger charge is -2.23. The molecule has 0 fully saturated rings. The lowest BCUT2D eigenvalue weighted by molar-refractivity contribution is 0.590. The van der Waals surface area contributed by atoms with Gasteiger partial charge in [0.05, 0.1) is 40.9 Å². The molecule has 0 atom stereocenters. The molecule has 0 unspecified atom stereocenters. The highest BCUT2D eigenvalue weighted by Crippen LogP contribution is 2.38. The first-order chi connectivity index (χ1) is 19.0. The Morgan fingerprint density at radius 1 is 0.600 bits per heavy atom. The number of hydrogen-bond acceptors (Lipinski definition) is 2. The molecule has 40 heavy (non-hydrogen) atoms. The lowest BCUT2D eigenvalue weighted by atomic mass is 9.87. The molecule has 0 amide bonds. The maximum Gasteiger partial charge on any atom is 0.101 e. The summed E-state index contributed by atoms with van der Waals surface area (Å²) in [5.41, 5.74) is 8.55. The van der Waals surface area contributed by atoms with Gasteiger partial charge in [-0.2, -0.15) is 0 Å². The second kappa shape index (κ2) is 11.9. The van der Waals surface area contributed by atoms with Gasteiger partial charge in [-0.25, -0.2) is 0 Å². The maximum atomic E-state index is 3.65. The average Bonchev–Trinajstić information content (AvgIpc) is 2.90. The number of aromatic nitrogens is 2. The highest BCUT2D eigenvalue weighted by atomic mass is 79.9. The first-order valence-electron chi connectivity index (χ1n) is 14.9. The topological polar surface area (TPSA) is 9.86 Å². The van der Waals surface area contributed by atoms with Crippen molar-refractivity contribution in [1.29, 1.82) is 0 Å².